The highest BCUT2D eigenvalue weighted by Crippen LogP contribution is 2.32. The van der Waals surface area contributed by atoms with Crippen molar-refractivity contribution in [2.75, 3.05) is 14.2 Å². The lowest BCUT2D eigenvalue weighted by molar-refractivity contribution is 0.414. The van der Waals surface area contributed by atoms with Gasteiger partial charge >= 0.3 is 0 Å². The molecule has 5 heteroatoms. The van der Waals surface area contributed by atoms with Crippen LogP contribution in [0.25, 0.3) is 28.3 Å². The maximum absolute atomic E-state index is 5.49. The largest absolute Gasteiger partial charge is 0.497 e. The summed E-state index contributed by atoms with van der Waals surface area (Å²) in [5.74, 6) is 2.60. The maximum Gasteiger partial charge on any atom is 0.215 e. The Hall–Kier alpha value is -3.99. The zero-order valence-corrected chi connectivity index (χ0v) is 19.4. The molecule has 0 aliphatic rings. The van der Waals surface area contributed by atoms with E-state index in [9.17, 15) is 0 Å². The number of aryl methyl sites for hydroxylation is 2. The van der Waals surface area contributed by atoms with Crippen molar-refractivity contribution in [3.8, 4) is 34.0 Å². The second-order valence-corrected chi connectivity index (χ2v) is 8.27. The molecule has 2 heterocycles. The third-order valence-corrected chi connectivity index (χ3v) is 6.07. The number of imidazole rings is 2. The average Bonchev–Trinajstić information content (AvgIpc) is 3.38. The SMILES string of the molecule is COc1ccc(Cn2cc(-c3cccc(OC)c3)n3c(C)c(-c4ccc(C)cc4)nc23)cc1. The Bertz CT molecular complexity index is 1410. The van der Waals surface area contributed by atoms with Gasteiger partial charge in [-0.1, -0.05) is 54.1 Å². The van der Waals surface area contributed by atoms with Crippen LogP contribution in [0.2, 0.25) is 0 Å². The predicted molar refractivity (Wildman–Crippen MR) is 132 cm³/mol. The topological polar surface area (TPSA) is 40.7 Å². The summed E-state index contributed by atoms with van der Waals surface area (Å²) >= 11 is 0. The Labute approximate surface area is 193 Å². The van der Waals surface area contributed by atoms with E-state index >= 15 is 0 Å². The Morgan fingerprint density at radius 1 is 0.788 bits per heavy atom. The number of fused-ring (bicyclic) bond motifs is 1. The van der Waals surface area contributed by atoms with Crippen LogP contribution in [0, 0.1) is 13.8 Å². The second kappa shape index (κ2) is 8.51. The molecule has 5 rings (SSSR count). The Morgan fingerprint density at radius 2 is 1.52 bits per heavy atom. The summed E-state index contributed by atoms with van der Waals surface area (Å²) in [6.45, 7) is 4.95. The maximum atomic E-state index is 5.49. The van der Waals surface area contributed by atoms with Crippen molar-refractivity contribution in [3.63, 3.8) is 0 Å². The van der Waals surface area contributed by atoms with Crippen LogP contribution in [0.5, 0.6) is 11.5 Å². The van der Waals surface area contributed by atoms with Gasteiger partial charge in [0.25, 0.3) is 0 Å². The van der Waals surface area contributed by atoms with Crippen molar-refractivity contribution in [2.45, 2.75) is 20.4 Å². The van der Waals surface area contributed by atoms with Crippen molar-refractivity contribution in [2.24, 2.45) is 0 Å². The molecule has 2 aromatic heterocycles. The van der Waals surface area contributed by atoms with Gasteiger partial charge in [-0.25, -0.2) is 4.98 Å². The van der Waals surface area contributed by atoms with E-state index in [0.717, 1.165) is 45.5 Å². The average molecular weight is 438 g/mol. The van der Waals surface area contributed by atoms with Gasteiger partial charge in [-0.05, 0) is 43.7 Å². The molecular weight excluding hydrogens is 410 g/mol. The molecule has 5 aromatic rings. The predicted octanol–water partition coefficient (Wildman–Crippen LogP) is 6.15. The van der Waals surface area contributed by atoms with Crippen LogP contribution >= 0.6 is 0 Å². The minimum Gasteiger partial charge on any atom is -0.497 e. The molecule has 0 fully saturated rings. The van der Waals surface area contributed by atoms with Crippen molar-refractivity contribution in [1.82, 2.24) is 14.0 Å². The lowest BCUT2D eigenvalue weighted by Gasteiger charge is -2.06. The third-order valence-electron chi connectivity index (χ3n) is 6.07. The Balaban J connectivity index is 1.68. The lowest BCUT2D eigenvalue weighted by Crippen LogP contribution is -1.99. The number of hydrogen-bond acceptors (Lipinski definition) is 3. The zero-order chi connectivity index (χ0) is 22.9. The van der Waals surface area contributed by atoms with Crippen LogP contribution in [-0.4, -0.2) is 28.2 Å². The van der Waals surface area contributed by atoms with E-state index < -0.39 is 0 Å². The molecule has 0 unspecified atom stereocenters. The normalized spacial score (nSPS) is 11.2. The molecule has 0 spiro atoms. The molecule has 0 saturated heterocycles. The van der Waals surface area contributed by atoms with Crippen molar-refractivity contribution in [3.05, 3.63) is 95.8 Å². The van der Waals surface area contributed by atoms with Gasteiger partial charge in [0, 0.05) is 23.0 Å². The second-order valence-electron chi connectivity index (χ2n) is 8.27. The molecule has 0 saturated carbocycles. The van der Waals surface area contributed by atoms with Gasteiger partial charge in [0.2, 0.25) is 5.78 Å². The Kier molecular flexibility index (Phi) is 5.38. The van der Waals surface area contributed by atoms with Crippen molar-refractivity contribution >= 4 is 5.78 Å². The first-order valence-corrected chi connectivity index (χ1v) is 11.0. The molecule has 0 N–H and O–H groups in total. The van der Waals surface area contributed by atoms with E-state index in [4.69, 9.17) is 14.5 Å². The van der Waals surface area contributed by atoms with Crippen LogP contribution in [0.15, 0.2) is 79.0 Å². The van der Waals surface area contributed by atoms with Crippen LogP contribution < -0.4 is 9.47 Å². The minimum absolute atomic E-state index is 0.710. The smallest absolute Gasteiger partial charge is 0.215 e. The molecule has 0 amide bonds. The standard InChI is InChI=1S/C28H27N3O2/c1-19-8-12-22(13-9-19)27-20(2)31-26(23-6-5-7-25(16-23)33-4)18-30(28(31)29-27)17-21-10-14-24(32-3)15-11-21/h5-16,18H,17H2,1-4H3. The van der Waals surface area contributed by atoms with Crippen LogP contribution in [0.3, 0.4) is 0 Å². The van der Waals surface area contributed by atoms with Crippen molar-refractivity contribution in [1.29, 1.82) is 0 Å². The number of aromatic nitrogens is 3. The molecule has 0 aliphatic heterocycles. The number of nitrogens with zero attached hydrogens (tertiary/aromatic N) is 3. The lowest BCUT2D eigenvalue weighted by atomic mass is 10.1. The number of hydrogen-bond donors (Lipinski definition) is 0. The fraction of sp³-hybridized carbons (Fsp3) is 0.179. The highest BCUT2D eigenvalue weighted by Gasteiger charge is 2.19. The zero-order valence-electron chi connectivity index (χ0n) is 19.4. The van der Waals surface area contributed by atoms with Gasteiger partial charge in [0.15, 0.2) is 0 Å². The number of rotatable bonds is 6. The Morgan fingerprint density at radius 3 is 2.21 bits per heavy atom. The van der Waals surface area contributed by atoms with Gasteiger partial charge < -0.3 is 14.0 Å². The highest BCUT2D eigenvalue weighted by molar-refractivity contribution is 5.71. The first-order valence-electron chi connectivity index (χ1n) is 11.0. The molecular formula is C28H27N3O2. The van der Waals surface area contributed by atoms with E-state index in [0.29, 0.717) is 6.54 Å². The molecule has 3 aromatic carbocycles. The molecule has 5 nitrogen and oxygen atoms in total. The summed E-state index contributed by atoms with van der Waals surface area (Å²) in [6.07, 6.45) is 2.17. The first-order chi connectivity index (χ1) is 16.1. The molecule has 0 bridgehead atoms. The minimum atomic E-state index is 0.710. The summed E-state index contributed by atoms with van der Waals surface area (Å²) in [5.41, 5.74) is 7.82. The molecule has 0 aliphatic carbocycles. The fourth-order valence-corrected chi connectivity index (χ4v) is 4.25. The van der Waals surface area contributed by atoms with Crippen LogP contribution in [-0.2, 0) is 6.54 Å². The van der Waals surface area contributed by atoms with E-state index in [-0.39, 0.29) is 0 Å². The summed E-state index contributed by atoms with van der Waals surface area (Å²) in [4.78, 5) is 5.10. The van der Waals surface area contributed by atoms with Gasteiger partial charge in [0.05, 0.1) is 32.2 Å². The first kappa shape index (κ1) is 20.9. The van der Waals surface area contributed by atoms with Gasteiger partial charge in [-0.2, -0.15) is 0 Å². The summed E-state index contributed by atoms with van der Waals surface area (Å²) in [5, 5.41) is 0. The monoisotopic (exact) mass is 437 g/mol. The van der Waals surface area contributed by atoms with E-state index in [1.165, 1.54) is 11.1 Å². The van der Waals surface area contributed by atoms with Gasteiger partial charge in [-0.3, -0.25) is 4.40 Å². The third kappa shape index (κ3) is 3.87. The number of methoxy groups -OCH3 is 2. The van der Waals surface area contributed by atoms with E-state index in [1.54, 1.807) is 14.2 Å². The summed E-state index contributed by atoms with van der Waals surface area (Å²) < 4.78 is 15.3. The summed E-state index contributed by atoms with van der Waals surface area (Å²) in [6, 6.07) is 24.9. The molecule has 0 atom stereocenters. The highest BCUT2D eigenvalue weighted by atomic mass is 16.5. The van der Waals surface area contributed by atoms with Gasteiger partial charge in [0.1, 0.15) is 11.5 Å². The molecule has 166 valence electrons. The van der Waals surface area contributed by atoms with E-state index in [2.05, 4.69) is 77.5 Å². The summed E-state index contributed by atoms with van der Waals surface area (Å²) in [7, 11) is 3.38. The van der Waals surface area contributed by atoms with E-state index in [1.807, 2.05) is 24.3 Å². The van der Waals surface area contributed by atoms with Crippen LogP contribution in [0.4, 0.5) is 0 Å². The van der Waals surface area contributed by atoms with Crippen LogP contribution in [0.1, 0.15) is 16.8 Å². The number of ether oxygens (including phenoxy) is 2. The molecule has 0 radical (unpaired) electrons. The molecule has 33 heavy (non-hydrogen) atoms. The quantitative estimate of drug-likeness (QED) is 0.320. The van der Waals surface area contributed by atoms with Gasteiger partial charge in [-0.15, -0.1) is 0 Å². The fourth-order valence-electron chi connectivity index (χ4n) is 4.25. The number of benzene rings is 3. The van der Waals surface area contributed by atoms with Crippen molar-refractivity contribution < 1.29 is 9.47 Å².